The number of rotatable bonds is 6. The summed E-state index contributed by atoms with van der Waals surface area (Å²) in [6.45, 7) is 3.71. The molecule has 2 aliphatic rings. The Labute approximate surface area is 165 Å². The average Bonchev–Trinajstić information content (AvgIpc) is 2.95. The molecule has 0 spiro atoms. The molecule has 1 aromatic rings. The van der Waals surface area contributed by atoms with Crippen LogP contribution in [0.4, 0.5) is 4.79 Å². The molecule has 1 aliphatic carbocycles. The molecule has 1 saturated heterocycles. The van der Waals surface area contributed by atoms with Crippen LogP contribution in [-0.2, 0) is 15.1 Å². The molecule has 7 nitrogen and oxygen atoms in total. The number of carbonyl (C=O) groups is 3. The van der Waals surface area contributed by atoms with E-state index in [-0.39, 0.29) is 18.5 Å². The summed E-state index contributed by atoms with van der Waals surface area (Å²) in [7, 11) is 1.57. The second-order valence-corrected chi connectivity index (χ2v) is 7.74. The number of amides is 4. The van der Waals surface area contributed by atoms with E-state index in [9.17, 15) is 14.4 Å². The third-order valence-electron chi connectivity index (χ3n) is 6.05. The Morgan fingerprint density at radius 3 is 2.54 bits per heavy atom. The van der Waals surface area contributed by atoms with Gasteiger partial charge < -0.3 is 15.4 Å². The van der Waals surface area contributed by atoms with Gasteiger partial charge in [0.1, 0.15) is 17.8 Å². The number of urea groups is 1. The highest BCUT2D eigenvalue weighted by molar-refractivity contribution is 6.09. The Kier molecular flexibility index (Phi) is 5.91. The minimum absolute atomic E-state index is 0.111. The van der Waals surface area contributed by atoms with Crippen LogP contribution in [-0.4, -0.2) is 42.4 Å². The van der Waals surface area contributed by atoms with E-state index in [0.29, 0.717) is 23.7 Å². The molecular formula is C21H29N3O4. The summed E-state index contributed by atoms with van der Waals surface area (Å²) >= 11 is 0. The van der Waals surface area contributed by atoms with Crippen LogP contribution in [0.2, 0.25) is 0 Å². The zero-order valence-electron chi connectivity index (χ0n) is 16.8. The fourth-order valence-electron chi connectivity index (χ4n) is 4.21. The maximum atomic E-state index is 13.1. The Bertz CT molecular complexity index is 749. The lowest BCUT2D eigenvalue weighted by Gasteiger charge is -2.30. The fraction of sp³-hybridized carbons (Fsp3) is 0.571. The quantitative estimate of drug-likeness (QED) is 0.735. The van der Waals surface area contributed by atoms with E-state index < -0.39 is 17.5 Å². The van der Waals surface area contributed by atoms with E-state index in [2.05, 4.69) is 17.6 Å². The van der Waals surface area contributed by atoms with Gasteiger partial charge in [-0.15, -0.1) is 0 Å². The van der Waals surface area contributed by atoms with Crippen LogP contribution in [0.3, 0.4) is 0 Å². The number of nitrogens with one attached hydrogen (secondary N) is 2. The predicted molar refractivity (Wildman–Crippen MR) is 105 cm³/mol. The van der Waals surface area contributed by atoms with Crippen LogP contribution in [0.5, 0.6) is 5.75 Å². The van der Waals surface area contributed by atoms with Crippen LogP contribution < -0.4 is 15.4 Å². The van der Waals surface area contributed by atoms with E-state index in [1.54, 1.807) is 31.4 Å². The van der Waals surface area contributed by atoms with Crippen LogP contribution in [0.1, 0.15) is 51.5 Å². The molecule has 7 heteroatoms. The SMILES string of the molecule is CC[C@@]1(c2ccc(OC)cc2)NC(=O)N(CC(=O)N[C@H]2CCCC[C@@H]2C)C1=O. The molecule has 4 amide bonds. The van der Waals surface area contributed by atoms with E-state index in [0.717, 1.165) is 24.2 Å². The molecular weight excluding hydrogens is 358 g/mol. The van der Waals surface area contributed by atoms with Gasteiger partial charge in [0, 0.05) is 6.04 Å². The first-order chi connectivity index (χ1) is 13.4. The van der Waals surface area contributed by atoms with E-state index >= 15 is 0 Å². The van der Waals surface area contributed by atoms with Crippen molar-refractivity contribution >= 4 is 17.8 Å². The molecule has 0 aromatic heterocycles. The third-order valence-corrected chi connectivity index (χ3v) is 6.05. The van der Waals surface area contributed by atoms with Gasteiger partial charge in [0.2, 0.25) is 5.91 Å². The number of hydrogen-bond donors (Lipinski definition) is 2. The second-order valence-electron chi connectivity index (χ2n) is 7.74. The first kappa shape index (κ1) is 20.2. The van der Waals surface area contributed by atoms with Gasteiger partial charge in [-0.3, -0.25) is 14.5 Å². The number of ether oxygens (including phenoxy) is 1. The molecule has 1 heterocycles. The molecule has 2 fully saturated rings. The molecule has 0 radical (unpaired) electrons. The van der Waals surface area contributed by atoms with Crippen LogP contribution in [0.15, 0.2) is 24.3 Å². The van der Waals surface area contributed by atoms with Gasteiger partial charge >= 0.3 is 6.03 Å². The topological polar surface area (TPSA) is 87.7 Å². The third kappa shape index (κ3) is 3.70. The Morgan fingerprint density at radius 1 is 1.25 bits per heavy atom. The molecule has 2 N–H and O–H groups in total. The smallest absolute Gasteiger partial charge is 0.325 e. The summed E-state index contributed by atoms with van der Waals surface area (Å²) < 4.78 is 5.17. The van der Waals surface area contributed by atoms with Crippen molar-refractivity contribution in [3.63, 3.8) is 0 Å². The standard InChI is InChI=1S/C21H29N3O4/c1-4-21(15-9-11-16(28-3)12-10-15)19(26)24(20(27)23-21)13-18(25)22-17-8-6-5-7-14(17)2/h9-12,14,17H,4-8,13H2,1-3H3,(H,22,25)(H,23,27)/t14-,17-,21-/m0/s1. The Hall–Kier alpha value is -2.57. The van der Waals surface area contributed by atoms with Gasteiger partial charge in [0.05, 0.1) is 7.11 Å². The van der Waals surface area contributed by atoms with Gasteiger partial charge in [-0.2, -0.15) is 0 Å². The summed E-state index contributed by atoms with van der Waals surface area (Å²) in [5, 5.41) is 5.81. The molecule has 28 heavy (non-hydrogen) atoms. The maximum Gasteiger partial charge on any atom is 0.325 e. The van der Waals surface area contributed by atoms with E-state index in [4.69, 9.17) is 4.74 Å². The Morgan fingerprint density at radius 2 is 1.93 bits per heavy atom. The van der Waals surface area contributed by atoms with Gasteiger partial charge in [-0.1, -0.05) is 38.8 Å². The lowest BCUT2D eigenvalue weighted by atomic mass is 9.86. The monoisotopic (exact) mass is 387 g/mol. The summed E-state index contributed by atoms with van der Waals surface area (Å²) in [6, 6.07) is 6.63. The van der Waals surface area contributed by atoms with Crippen molar-refractivity contribution in [2.75, 3.05) is 13.7 Å². The largest absolute Gasteiger partial charge is 0.497 e. The van der Waals surface area contributed by atoms with Gasteiger partial charge in [-0.05, 0) is 42.9 Å². The van der Waals surface area contributed by atoms with Crippen LogP contribution in [0.25, 0.3) is 0 Å². The van der Waals surface area contributed by atoms with E-state index in [1.807, 2.05) is 6.92 Å². The average molecular weight is 387 g/mol. The zero-order chi connectivity index (χ0) is 20.3. The first-order valence-electron chi connectivity index (χ1n) is 9.99. The van der Waals surface area contributed by atoms with E-state index in [1.165, 1.54) is 6.42 Å². The first-order valence-corrected chi connectivity index (χ1v) is 9.99. The molecule has 3 rings (SSSR count). The molecule has 1 saturated carbocycles. The minimum Gasteiger partial charge on any atom is -0.497 e. The molecule has 3 atom stereocenters. The normalized spacial score (nSPS) is 27.5. The van der Waals surface area contributed by atoms with Crippen LogP contribution >= 0.6 is 0 Å². The van der Waals surface area contributed by atoms with Crippen LogP contribution in [0, 0.1) is 5.92 Å². The number of carbonyl (C=O) groups excluding carboxylic acids is 3. The highest BCUT2D eigenvalue weighted by Crippen LogP contribution is 2.33. The molecule has 152 valence electrons. The van der Waals surface area contributed by atoms with Gasteiger partial charge in [0.15, 0.2) is 0 Å². The summed E-state index contributed by atoms with van der Waals surface area (Å²) in [6.07, 6.45) is 4.69. The highest BCUT2D eigenvalue weighted by Gasteiger charge is 2.51. The summed E-state index contributed by atoms with van der Waals surface area (Å²) in [4.78, 5) is 39.2. The second kappa shape index (κ2) is 8.20. The molecule has 0 unspecified atom stereocenters. The summed E-state index contributed by atoms with van der Waals surface area (Å²) in [5.41, 5.74) is -0.472. The van der Waals surface area contributed by atoms with Gasteiger partial charge in [-0.25, -0.2) is 4.79 Å². The number of hydrogen-bond acceptors (Lipinski definition) is 4. The summed E-state index contributed by atoms with van der Waals surface area (Å²) in [5.74, 6) is 0.403. The van der Waals surface area contributed by atoms with Crippen molar-refractivity contribution in [2.45, 2.75) is 57.5 Å². The molecule has 0 bridgehead atoms. The number of imide groups is 1. The predicted octanol–water partition coefficient (Wildman–Crippen LogP) is 2.55. The number of methoxy groups -OCH3 is 1. The van der Waals surface area contributed by atoms with Crippen molar-refractivity contribution in [3.05, 3.63) is 29.8 Å². The number of benzene rings is 1. The van der Waals surface area contributed by atoms with Crippen molar-refractivity contribution in [1.82, 2.24) is 15.5 Å². The van der Waals surface area contributed by atoms with Crippen molar-refractivity contribution in [2.24, 2.45) is 5.92 Å². The lowest BCUT2D eigenvalue weighted by Crippen LogP contribution is -2.48. The van der Waals surface area contributed by atoms with Crippen molar-refractivity contribution in [1.29, 1.82) is 0 Å². The molecule has 1 aromatic carbocycles. The minimum atomic E-state index is -1.15. The fourth-order valence-corrected chi connectivity index (χ4v) is 4.21. The maximum absolute atomic E-state index is 13.1. The zero-order valence-corrected chi connectivity index (χ0v) is 16.8. The Balaban J connectivity index is 1.73. The lowest BCUT2D eigenvalue weighted by molar-refractivity contribution is -0.135. The number of nitrogens with zero attached hydrogens (tertiary/aromatic N) is 1. The molecule has 1 aliphatic heterocycles. The van der Waals surface area contributed by atoms with Crippen molar-refractivity contribution in [3.8, 4) is 5.75 Å². The van der Waals surface area contributed by atoms with Gasteiger partial charge in [0.25, 0.3) is 5.91 Å². The highest BCUT2D eigenvalue weighted by atomic mass is 16.5. The van der Waals surface area contributed by atoms with Crippen molar-refractivity contribution < 1.29 is 19.1 Å².